The van der Waals surface area contributed by atoms with Gasteiger partial charge >= 0.3 is 0 Å². The first kappa shape index (κ1) is 17.1. The molecule has 23 heavy (non-hydrogen) atoms. The van der Waals surface area contributed by atoms with Gasteiger partial charge in [-0.25, -0.2) is 0 Å². The Bertz CT molecular complexity index is 707. The highest BCUT2D eigenvalue weighted by atomic mass is 35.5. The number of oxime groups is 1. The summed E-state index contributed by atoms with van der Waals surface area (Å²) in [4.78, 5) is 17.7. The van der Waals surface area contributed by atoms with Crippen LogP contribution in [0.5, 0.6) is 0 Å². The van der Waals surface area contributed by atoms with Gasteiger partial charge in [-0.3, -0.25) is 10.1 Å². The summed E-state index contributed by atoms with van der Waals surface area (Å²) in [6, 6.07) is 13.3. The van der Waals surface area contributed by atoms with Crippen molar-refractivity contribution in [2.24, 2.45) is 10.9 Å². The van der Waals surface area contributed by atoms with Gasteiger partial charge < -0.3 is 10.6 Å². The smallest absolute Gasteiger partial charge is 0.258 e. The van der Waals surface area contributed by atoms with Crippen molar-refractivity contribution in [3.63, 3.8) is 0 Å². The maximum Gasteiger partial charge on any atom is 0.258 e. The minimum atomic E-state index is -0.284. The first-order valence-corrected chi connectivity index (χ1v) is 7.52. The molecule has 5 nitrogen and oxygen atoms in total. The van der Waals surface area contributed by atoms with Gasteiger partial charge in [0.15, 0.2) is 0 Å². The third kappa shape index (κ3) is 4.13. The highest BCUT2D eigenvalue weighted by Gasteiger charge is 2.16. The van der Waals surface area contributed by atoms with Gasteiger partial charge in [0.2, 0.25) is 5.96 Å². The summed E-state index contributed by atoms with van der Waals surface area (Å²) >= 11 is 0. The number of nitrogens with zero attached hydrogens (tertiary/aromatic N) is 1. The maximum atomic E-state index is 12.3. The lowest BCUT2D eigenvalue weighted by atomic mass is 10.0. The minimum Gasteiger partial charge on any atom is -0.390 e. The van der Waals surface area contributed by atoms with Crippen LogP contribution in [0.25, 0.3) is 10.8 Å². The summed E-state index contributed by atoms with van der Waals surface area (Å²) in [5.74, 6) is -0.294. The molecule has 0 aromatic heterocycles. The van der Waals surface area contributed by atoms with E-state index in [9.17, 15) is 4.79 Å². The zero-order chi connectivity index (χ0) is 15.4. The Hall–Kier alpha value is -2.27. The standard InChI is InChI=1S/C17H19N3O2.ClH/c18-17(20-22-13-8-2-3-9-13)19-16(21)15-11-5-7-12-6-1-4-10-14(12)15;/h1,4-7,10-11,13H,2-3,8-9H2,(H3,18,19,20,21);1H. The molecule has 1 fully saturated rings. The number of guanidine groups is 1. The Morgan fingerprint density at radius 2 is 1.83 bits per heavy atom. The molecule has 1 aliphatic rings. The second-order valence-electron chi connectivity index (χ2n) is 5.47. The number of halogens is 1. The van der Waals surface area contributed by atoms with Gasteiger partial charge in [0, 0.05) is 5.56 Å². The summed E-state index contributed by atoms with van der Waals surface area (Å²) in [7, 11) is 0. The van der Waals surface area contributed by atoms with Crippen LogP contribution in [-0.4, -0.2) is 18.0 Å². The van der Waals surface area contributed by atoms with E-state index in [-0.39, 0.29) is 30.4 Å². The van der Waals surface area contributed by atoms with Crippen LogP contribution in [0.3, 0.4) is 0 Å². The molecule has 122 valence electrons. The van der Waals surface area contributed by atoms with Crippen molar-refractivity contribution in [2.45, 2.75) is 31.8 Å². The number of rotatable bonds is 3. The van der Waals surface area contributed by atoms with E-state index in [1.54, 1.807) is 6.07 Å². The quantitative estimate of drug-likeness (QED) is 0.514. The maximum absolute atomic E-state index is 12.3. The molecule has 1 amide bonds. The van der Waals surface area contributed by atoms with Crippen molar-refractivity contribution >= 4 is 35.0 Å². The molecular weight excluding hydrogens is 314 g/mol. The van der Waals surface area contributed by atoms with Crippen molar-refractivity contribution in [1.29, 1.82) is 0 Å². The molecule has 0 unspecified atom stereocenters. The fraction of sp³-hybridized carbons (Fsp3) is 0.294. The van der Waals surface area contributed by atoms with Crippen LogP contribution in [0, 0.1) is 0 Å². The van der Waals surface area contributed by atoms with E-state index >= 15 is 0 Å². The third-order valence-corrected chi connectivity index (χ3v) is 3.88. The molecular formula is C17H20ClN3O2. The van der Waals surface area contributed by atoms with E-state index in [1.807, 2.05) is 36.4 Å². The van der Waals surface area contributed by atoms with Crippen LogP contribution in [0.1, 0.15) is 36.0 Å². The van der Waals surface area contributed by atoms with Crippen molar-refractivity contribution < 1.29 is 9.63 Å². The molecule has 0 bridgehead atoms. The fourth-order valence-corrected chi connectivity index (χ4v) is 2.75. The highest BCUT2D eigenvalue weighted by Crippen LogP contribution is 2.21. The molecule has 0 saturated heterocycles. The van der Waals surface area contributed by atoms with Crippen molar-refractivity contribution in [3.8, 4) is 0 Å². The summed E-state index contributed by atoms with van der Waals surface area (Å²) in [5, 5.41) is 8.28. The number of amides is 1. The molecule has 6 heteroatoms. The van der Waals surface area contributed by atoms with Crippen LogP contribution >= 0.6 is 12.4 Å². The first-order valence-electron chi connectivity index (χ1n) is 7.52. The Kier molecular flexibility index (Phi) is 5.82. The average Bonchev–Trinajstić information content (AvgIpc) is 3.06. The Morgan fingerprint density at radius 3 is 2.61 bits per heavy atom. The molecule has 2 aromatic rings. The third-order valence-electron chi connectivity index (χ3n) is 3.88. The summed E-state index contributed by atoms with van der Waals surface area (Å²) in [6.07, 6.45) is 4.42. The van der Waals surface area contributed by atoms with E-state index in [0.29, 0.717) is 5.56 Å². The van der Waals surface area contributed by atoms with Gasteiger partial charge in [-0.2, -0.15) is 0 Å². The minimum absolute atomic E-state index is 0. The molecule has 0 heterocycles. The van der Waals surface area contributed by atoms with E-state index in [0.717, 1.165) is 36.5 Å². The molecule has 0 radical (unpaired) electrons. The van der Waals surface area contributed by atoms with E-state index < -0.39 is 0 Å². The average molecular weight is 334 g/mol. The fourth-order valence-electron chi connectivity index (χ4n) is 2.75. The number of hydrogen-bond donors (Lipinski definition) is 2. The SMILES string of the molecule is Cl.NC(=NOC1CCCC1)NC(=O)c1cccc2ccccc12. The Labute approximate surface area is 141 Å². The van der Waals surface area contributed by atoms with Crippen LogP contribution in [0.4, 0.5) is 0 Å². The highest BCUT2D eigenvalue weighted by molar-refractivity contribution is 6.12. The summed E-state index contributed by atoms with van der Waals surface area (Å²) in [6.45, 7) is 0. The number of nitrogens with two attached hydrogens (primary N) is 1. The van der Waals surface area contributed by atoms with Crippen LogP contribution in [-0.2, 0) is 4.84 Å². The zero-order valence-corrected chi connectivity index (χ0v) is 13.5. The molecule has 3 rings (SSSR count). The van der Waals surface area contributed by atoms with Gasteiger partial charge in [-0.1, -0.05) is 36.4 Å². The Morgan fingerprint density at radius 1 is 1.13 bits per heavy atom. The van der Waals surface area contributed by atoms with E-state index in [4.69, 9.17) is 10.6 Å². The van der Waals surface area contributed by atoms with Crippen LogP contribution < -0.4 is 11.1 Å². The lowest BCUT2D eigenvalue weighted by Gasteiger charge is -2.09. The second-order valence-corrected chi connectivity index (χ2v) is 5.47. The second kappa shape index (κ2) is 7.83. The monoisotopic (exact) mass is 333 g/mol. The number of fused-ring (bicyclic) bond motifs is 1. The van der Waals surface area contributed by atoms with Gasteiger partial charge in [0.1, 0.15) is 6.10 Å². The van der Waals surface area contributed by atoms with Crippen molar-refractivity contribution in [2.75, 3.05) is 0 Å². The Balaban J connectivity index is 0.00000192. The van der Waals surface area contributed by atoms with Crippen molar-refractivity contribution in [3.05, 3.63) is 48.0 Å². The molecule has 0 spiro atoms. The van der Waals surface area contributed by atoms with Gasteiger partial charge in [-0.05, 0) is 47.7 Å². The molecule has 0 atom stereocenters. The topological polar surface area (TPSA) is 76.7 Å². The lowest BCUT2D eigenvalue weighted by molar-refractivity contribution is 0.0629. The number of hydrogen-bond acceptors (Lipinski definition) is 3. The predicted octanol–water partition coefficient (Wildman–Crippen LogP) is 3.18. The van der Waals surface area contributed by atoms with Crippen molar-refractivity contribution in [1.82, 2.24) is 5.32 Å². The number of carbonyl (C=O) groups is 1. The van der Waals surface area contributed by atoms with Gasteiger partial charge in [0.05, 0.1) is 0 Å². The first-order chi connectivity index (χ1) is 10.7. The molecule has 1 saturated carbocycles. The predicted molar refractivity (Wildman–Crippen MR) is 93.6 cm³/mol. The number of benzene rings is 2. The van der Waals surface area contributed by atoms with E-state index in [1.165, 1.54) is 0 Å². The lowest BCUT2D eigenvalue weighted by Crippen LogP contribution is -2.37. The largest absolute Gasteiger partial charge is 0.390 e. The van der Waals surface area contributed by atoms with E-state index in [2.05, 4.69) is 10.5 Å². The molecule has 0 aliphatic heterocycles. The van der Waals surface area contributed by atoms with Gasteiger partial charge in [0.25, 0.3) is 5.91 Å². The molecule has 2 aromatic carbocycles. The summed E-state index contributed by atoms with van der Waals surface area (Å²) in [5.41, 5.74) is 6.29. The molecule has 1 aliphatic carbocycles. The van der Waals surface area contributed by atoms with Gasteiger partial charge in [-0.15, -0.1) is 12.4 Å². The normalized spacial score (nSPS) is 15.2. The number of nitrogens with one attached hydrogen (secondary N) is 1. The van der Waals surface area contributed by atoms with Crippen LogP contribution in [0.2, 0.25) is 0 Å². The summed E-state index contributed by atoms with van der Waals surface area (Å²) < 4.78 is 0. The molecule has 3 N–H and O–H groups in total. The van der Waals surface area contributed by atoms with Crippen LogP contribution in [0.15, 0.2) is 47.6 Å². The number of carbonyl (C=O) groups excluding carboxylic acids is 1. The zero-order valence-electron chi connectivity index (χ0n) is 12.7.